The van der Waals surface area contributed by atoms with Gasteiger partial charge in [-0.15, -0.1) is 0 Å². The Labute approximate surface area is 566 Å². The summed E-state index contributed by atoms with van der Waals surface area (Å²) >= 11 is 1.19. The molecule has 12 unspecified atom stereocenters. The minimum atomic E-state index is -0.662. The van der Waals surface area contributed by atoms with E-state index >= 15 is 0 Å². The topological polar surface area (TPSA) is 152 Å². The Morgan fingerprint density at radius 3 is 1.16 bits per heavy atom. The number of aliphatic hydroxyl groups excluding tert-OH is 2. The standard InChI is InChI=1S/2C33H52O5.Ac.ClH.3Re/c2*1-19-11-14-33(27(35)36)16-15-31(7)21(25(33)20(19)2)9-10-24-29(5)17-22(34)26-30(6,18-37-28(3,4)38-26)23(29)12-13-32(24,31)8;;;;;/h2*9,19-20,22-26,34H,10-18H2,1-8H3,(H,35,36);;1H;;;/q;;;;;;+1/p-1/t2*19-,20+,22?,23?,24?,25?,26?,29+,30-,31-,32-,33?;;;;;/m11...../s1. The minimum absolute atomic E-state index is 0. The maximum atomic E-state index is 12.9. The smallest absolute Gasteiger partial charge is 0 e. The molecule has 0 aromatic rings. The van der Waals surface area contributed by atoms with Gasteiger partial charge in [0.2, 0.25) is 0 Å². The van der Waals surface area contributed by atoms with Crippen molar-refractivity contribution in [1.82, 2.24) is 0 Å². The quantitative estimate of drug-likeness (QED) is 0.197. The van der Waals surface area contributed by atoms with E-state index in [1.54, 1.807) is 0 Å². The molecule has 0 spiro atoms. The van der Waals surface area contributed by atoms with Gasteiger partial charge in [-0.25, -0.2) is 0 Å². The maximum Gasteiger partial charge on any atom is 0 e. The molecule has 2 aliphatic heterocycles. The summed E-state index contributed by atoms with van der Waals surface area (Å²) in [5.74, 6) is 1.40. The van der Waals surface area contributed by atoms with Crippen LogP contribution < -0.4 is 0 Å². The first-order chi connectivity index (χ1) is 36.1. The zero-order valence-electron chi connectivity index (χ0n) is 52.3. The molecule has 0 amide bonds. The predicted molar refractivity (Wildman–Crippen MR) is 300 cm³/mol. The average molecular weight is 1880 g/mol. The van der Waals surface area contributed by atoms with Gasteiger partial charge in [-0.1, -0.05) is 106 Å². The minimum Gasteiger partial charge on any atom is 0 e. The average Bonchev–Trinajstić information content (AvgIpc) is 1.59. The number of fused-ring (bicyclic) bond motifs is 18. The number of rotatable bonds is 2. The van der Waals surface area contributed by atoms with Gasteiger partial charge in [0, 0.05) is 95.7 Å². The van der Waals surface area contributed by atoms with Crippen molar-refractivity contribution < 1.29 is 152 Å². The van der Waals surface area contributed by atoms with Crippen LogP contribution in [-0.2, 0) is 87.6 Å². The summed E-state index contributed by atoms with van der Waals surface area (Å²) in [7, 11) is 4.69. The number of aliphatic hydroxyl groups is 2. The second kappa shape index (κ2) is 23.2. The molecule has 4 N–H and O–H groups in total. The molecular formula is C66H104AcClO10Re3. The van der Waals surface area contributed by atoms with Crippen molar-refractivity contribution in [2.24, 2.45) is 113 Å². The number of ether oxygens (including phenoxy) is 4. The molecule has 2 saturated heterocycles. The van der Waals surface area contributed by atoms with E-state index in [2.05, 4.69) is 95.2 Å². The molecule has 12 rings (SSSR count). The molecular weight excluding hydrogens is 1770 g/mol. The van der Waals surface area contributed by atoms with Gasteiger partial charge in [0.1, 0.15) is 0 Å². The largest absolute Gasteiger partial charge is 0 e. The first kappa shape index (κ1) is 70.4. The Bertz CT molecular complexity index is 2300. The van der Waals surface area contributed by atoms with Gasteiger partial charge in [-0.05, 0) is 222 Å². The Morgan fingerprint density at radius 2 is 0.840 bits per heavy atom. The molecule has 3 radical (unpaired) electrons. The summed E-state index contributed by atoms with van der Waals surface area (Å²) in [6, 6.07) is 0. The van der Waals surface area contributed by atoms with Crippen LogP contribution in [0.4, 0.5) is 0 Å². The van der Waals surface area contributed by atoms with Crippen molar-refractivity contribution in [2.75, 3.05) is 13.2 Å². The molecule has 2 heterocycles. The Morgan fingerprint density at radius 1 is 0.506 bits per heavy atom. The first-order valence-electron chi connectivity index (χ1n) is 31.1. The van der Waals surface area contributed by atoms with E-state index in [-0.39, 0.29) is 152 Å². The summed E-state index contributed by atoms with van der Waals surface area (Å²) in [6.45, 7) is 38.0. The monoisotopic (exact) mass is 1880 g/mol. The van der Waals surface area contributed by atoms with Crippen LogP contribution in [0.1, 0.15) is 214 Å². The van der Waals surface area contributed by atoms with E-state index in [0.717, 1.165) is 103 Å². The number of allylic oxidation sites excluding steroid dienone is 4. The third-order valence-electron chi connectivity index (χ3n) is 28.5. The molecule has 459 valence electrons. The second-order valence-corrected chi connectivity index (χ2v) is 32.2. The van der Waals surface area contributed by atoms with Crippen LogP contribution in [0.15, 0.2) is 23.3 Å². The first-order valence-corrected chi connectivity index (χ1v) is 34.5. The zero-order valence-corrected chi connectivity index (χ0v) is 65.9. The van der Waals surface area contributed by atoms with Crippen LogP contribution in [0.25, 0.3) is 0 Å². The van der Waals surface area contributed by atoms with E-state index < -0.39 is 46.6 Å². The molecule has 0 bridgehead atoms. The van der Waals surface area contributed by atoms with Crippen LogP contribution >= 0.6 is 9.53 Å². The van der Waals surface area contributed by atoms with Gasteiger partial charge in [-0.2, -0.15) is 0 Å². The molecule has 10 nitrogen and oxygen atoms in total. The van der Waals surface area contributed by atoms with Gasteiger partial charge in [0.05, 0.1) is 48.5 Å². The van der Waals surface area contributed by atoms with Crippen LogP contribution in [0.5, 0.6) is 0 Å². The van der Waals surface area contributed by atoms with Crippen LogP contribution in [0.3, 0.4) is 0 Å². The summed E-state index contributed by atoms with van der Waals surface area (Å²) in [6.07, 6.45) is 18.8. The van der Waals surface area contributed by atoms with E-state index in [1.807, 2.05) is 27.7 Å². The van der Waals surface area contributed by atoms with Crippen LogP contribution in [0.2, 0.25) is 0 Å². The maximum absolute atomic E-state index is 12.9. The van der Waals surface area contributed by atoms with Crippen molar-refractivity contribution >= 4 is 21.5 Å². The number of carboxylic acid groups (broad SMARTS) is 2. The van der Waals surface area contributed by atoms with Gasteiger partial charge in [0.25, 0.3) is 0 Å². The number of aliphatic carboxylic acids is 2. The third kappa shape index (κ3) is 9.89. The molecule has 8 saturated carbocycles. The molecule has 12 aliphatic rings. The number of halogens is 1. The fourth-order valence-corrected chi connectivity index (χ4v) is 23.7. The third-order valence-corrected chi connectivity index (χ3v) is 28.5. The molecule has 24 atom stereocenters. The van der Waals surface area contributed by atoms with Crippen molar-refractivity contribution in [1.29, 1.82) is 0 Å². The molecule has 0 aromatic heterocycles. The predicted octanol–water partition coefficient (Wildman–Crippen LogP) is 14.3. The molecule has 15 heteroatoms. The molecule has 0 aromatic carbocycles. The van der Waals surface area contributed by atoms with Crippen molar-refractivity contribution in [3.8, 4) is 0 Å². The fourth-order valence-electron chi connectivity index (χ4n) is 23.7. The van der Waals surface area contributed by atoms with E-state index in [1.165, 1.54) is 29.3 Å². The van der Waals surface area contributed by atoms with Crippen molar-refractivity contribution in [2.45, 2.75) is 250 Å². The van der Waals surface area contributed by atoms with Crippen molar-refractivity contribution in [3.63, 3.8) is 0 Å². The summed E-state index contributed by atoms with van der Waals surface area (Å²) in [5.41, 5.74) is 1.38. The van der Waals surface area contributed by atoms with E-state index in [4.69, 9.17) is 28.5 Å². The molecule has 10 fully saturated rings. The van der Waals surface area contributed by atoms with Gasteiger partial charge < -0.3 is 39.4 Å². The van der Waals surface area contributed by atoms with Crippen LogP contribution in [-0.4, -0.2) is 81.6 Å². The van der Waals surface area contributed by atoms with Crippen LogP contribution in [0, 0.1) is 157 Å². The van der Waals surface area contributed by atoms with Gasteiger partial charge in [0.15, 0.2) is 11.6 Å². The SMILES string of the molecule is C[C@@H]1CCC2(C(=O)O)CC[C@]3(C)C(=CCC4[C@@]5(C)CC(O)C6OC(C)(C)OC[C@]6(C)C5CC[C@]43C)C2[C@H]1C.C[C@@H]1CCC2(C(=O)O)CC[C@]3(C)C(=CCC4[C@@]5(C)CC(O)C6OC(C)(C)OC[C@]6(C)C5CC[C@]43C)C2[C@H]1C.[Ac].[Cl][Re].[Re].[Re]. The van der Waals surface area contributed by atoms with Gasteiger partial charge >= 0.3 is 39.6 Å². The number of hydrogen-bond acceptors (Lipinski definition) is 8. The number of carboxylic acids is 2. The summed E-state index contributed by atoms with van der Waals surface area (Å²) < 4.78 is 25.4. The summed E-state index contributed by atoms with van der Waals surface area (Å²) in [5, 5.41) is 44.5. The Hall–Kier alpha value is 1.90. The van der Waals surface area contributed by atoms with E-state index in [0.29, 0.717) is 60.6 Å². The number of hydrogen-bond donors (Lipinski definition) is 4. The van der Waals surface area contributed by atoms with E-state index in [9.17, 15) is 30.0 Å². The zero-order chi connectivity index (χ0) is 57.4. The second-order valence-electron chi connectivity index (χ2n) is 32.2. The normalized spacial score (nSPS) is 53.8. The summed E-state index contributed by atoms with van der Waals surface area (Å²) in [4.78, 5) is 25.8. The Kier molecular flexibility index (Phi) is 20.2. The molecule has 81 heavy (non-hydrogen) atoms. The Balaban J connectivity index is 0.000000219. The van der Waals surface area contributed by atoms with Crippen molar-refractivity contribution in [3.05, 3.63) is 23.3 Å². The number of carbonyl (C=O) groups is 2. The fraction of sp³-hybridized carbons (Fsp3) is 0.909. The molecule has 10 aliphatic carbocycles. The van der Waals surface area contributed by atoms with Gasteiger partial charge in [-0.3, -0.25) is 9.59 Å².